The third kappa shape index (κ3) is 4.92. The standard InChI is InChI=1S/C14H17ClN2O4S/c1-7(2)11(12(18)17-14(16)20)21-13(19)9-6-8(22-3)4-5-10(9)15/h4-7,11H,1-3H3,(H3,16,17,18,20). The lowest BCUT2D eigenvalue weighted by atomic mass is 10.1. The number of rotatable bonds is 5. The van der Waals surface area contributed by atoms with Gasteiger partial charge in [-0.2, -0.15) is 0 Å². The van der Waals surface area contributed by atoms with Crippen LogP contribution in [0.5, 0.6) is 0 Å². The number of carbonyl (C=O) groups is 3. The first kappa shape index (κ1) is 18.3. The summed E-state index contributed by atoms with van der Waals surface area (Å²) >= 11 is 7.43. The molecule has 0 bridgehead atoms. The Balaban J connectivity index is 2.96. The molecule has 0 fully saturated rings. The third-order valence-corrected chi connectivity index (χ3v) is 3.79. The van der Waals surface area contributed by atoms with E-state index in [0.29, 0.717) is 0 Å². The van der Waals surface area contributed by atoms with Crippen LogP contribution < -0.4 is 11.1 Å². The maximum Gasteiger partial charge on any atom is 0.340 e. The molecule has 120 valence electrons. The van der Waals surface area contributed by atoms with Gasteiger partial charge in [-0.3, -0.25) is 10.1 Å². The number of amides is 3. The van der Waals surface area contributed by atoms with Crippen molar-refractivity contribution in [2.24, 2.45) is 11.7 Å². The van der Waals surface area contributed by atoms with E-state index < -0.39 is 24.0 Å². The topological polar surface area (TPSA) is 98.5 Å². The van der Waals surface area contributed by atoms with Gasteiger partial charge in [0.25, 0.3) is 5.91 Å². The van der Waals surface area contributed by atoms with Crippen LogP contribution in [0.15, 0.2) is 23.1 Å². The zero-order valence-corrected chi connectivity index (χ0v) is 14.0. The van der Waals surface area contributed by atoms with Crippen molar-refractivity contribution in [2.45, 2.75) is 24.8 Å². The normalized spacial score (nSPS) is 11.9. The number of nitrogens with one attached hydrogen (secondary N) is 1. The van der Waals surface area contributed by atoms with E-state index >= 15 is 0 Å². The van der Waals surface area contributed by atoms with Gasteiger partial charge in [-0.25, -0.2) is 9.59 Å². The first-order valence-corrected chi connectivity index (χ1v) is 8.01. The number of urea groups is 1. The third-order valence-electron chi connectivity index (χ3n) is 2.74. The molecule has 0 radical (unpaired) electrons. The van der Waals surface area contributed by atoms with Crippen LogP contribution in [0.3, 0.4) is 0 Å². The summed E-state index contributed by atoms with van der Waals surface area (Å²) in [6.07, 6.45) is 0.712. The molecule has 0 aliphatic heterocycles. The van der Waals surface area contributed by atoms with Crippen LogP contribution in [0.4, 0.5) is 4.79 Å². The number of benzene rings is 1. The van der Waals surface area contributed by atoms with Crippen molar-refractivity contribution in [1.29, 1.82) is 0 Å². The van der Waals surface area contributed by atoms with Crippen LogP contribution in [0.1, 0.15) is 24.2 Å². The Kier molecular flexibility index (Phi) is 6.70. The first-order chi connectivity index (χ1) is 10.3. The van der Waals surface area contributed by atoms with Crippen molar-refractivity contribution in [2.75, 3.05) is 6.26 Å². The zero-order valence-electron chi connectivity index (χ0n) is 12.4. The molecular formula is C14H17ClN2O4S. The van der Waals surface area contributed by atoms with Gasteiger partial charge in [0, 0.05) is 4.90 Å². The number of hydrogen-bond acceptors (Lipinski definition) is 5. The molecule has 0 aromatic heterocycles. The van der Waals surface area contributed by atoms with E-state index in [1.807, 2.05) is 11.6 Å². The average Bonchev–Trinajstić information content (AvgIpc) is 2.43. The fraction of sp³-hybridized carbons (Fsp3) is 0.357. The molecule has 8 heteroatoms. The van der Waals surface area contributed by atoms with Crippen molar-refractivity contribution in [3.8, 4) is 0 Å². The van der Waals surface area contributed by atoms with Gasteiger partial charge in [-0.1, -0.05) is 25.4 Å². The number of thioether (sulfide) groups is 1. The van der Waals surface area contributed by atoms with Gasteiger partial charge in [-0.05, 0) is 30.4 Å². The van der Waals surface area contributed by atoms with Crippen LogP contribution in [-0.2, 0) is 9.53 Å². The predicted molar refractivity (Wildman–Crippen MR) is 85.0 cm³/mol. The molecule has 0 saturated carbocycles. The second kappa shape index (κ2) is 8.05. The SMILES string of the molecule is CSc1ccc(Cl)c(C(=O)OC(C(=O)NC(N)=O)C(C)C)c1. The minimum absolute atomic E-state index is 0.158. The molecule has 22 heavy (non-hydrogen) atoms. The summed E-state index contributed by atoms with van der Waals surface area (Å²) < 4.78 is 5.19. The lowest BCUT2D eigenvalue weighted by Crippen LogP contribution is -2.45. The van der Waals surface area contributed by atoms with Crippen LogP contribution in [-0.4, -0.2) is 30.3 Å². The molecule has 1 aromatic rings. The van der Waals surface area contributed by atoms with Gasteiger partial charge in [0.2, 0.25) is 0 Å². The molecule has 0 heterocycles. The molecule has 1 rings (SSSR count). The quantitative estimate of drug-likeness (QED) is 0.631. The van der Waals surface area contributed by atoms with Crippen LogP contribution in [0, 0.1) is 5.92 Å². The number of esters is 1. The molecule has 1 aromatic carbocycles. The molecule has 6 nitrogen and oxygen atoms in total. The number of ether oxygens (including phenoxy) is 1. The van der Waals surface area contributed by atoms with Gasteiger partial charge >= 0.3 is 12.0 Å². The molecule has 1 unspecified atom stereocenters. The highest BCUT2D eigenvalue weighted by Gasteiger charge is 2.28. The van der Waals surface area contributed by atoms with Gasteiger partial charge in [-0.15, -0.1) is 11.8 Å². The second-order valence-corrected chi connectivity index (χ2v) is 6.06. The number of nitrogens with two attached hydrogens (primary N) is 1. The summed E-state index contributed by atoms with van der Waals surface area (Å²) in [4.78, 5) is 35.7. The van der Waals surface area contributed by atoms with Gasteiger partial charge in [0.05, 0.1) is 10.6 Å². The Bertz CT molecular complexity index is 592. The lowest BCUT2D eigenvalue weighted by Gasteiger charge is -2.20. The summed E-state index contributed by atoms with van der Waals surface area (Å²) in [7, 11) is 0. The Morgan fingerprint density at radius 2 is 1.95 bits per heavy atom. The highest BCUT2D eigenvalue weighted by molar-refractivity contribution is 7.98. The highest BCUT2D eigenvalue weighted by atomic mass is 35.5. The maximum atomic E-state index is 12.2. The van der Waals surface area contributed by atoms with Crippen molar-refractivity contribution in [3.63, 3.8) is 0 Å². The molecule has 1 atom stereocenters. The Morgan fingerprint density at radius 1 is 1.32 bits per heavy atom. The molecule has 3 amide bonds. The maximum absolute atomic E-state index is 12.2. The summed E-state index contributed by atoms with van der Waals surface area (Å²) in [5.74, 6) is -1.85. The second-order valence-electron chi connectivity index (χ2n) is 4.77. The lowest BCUT2D eigenvalue weighted by molar-refractivity contribution is -0.130. The van der Waals surface area contributed by atoms with E-state index in [9.17, 15) is 14.4 Å². The summed E-state index contributed by atoms with van der Waals surface area (Å²) in [5, 5.41) is 2.13. The smallest absolute Gasteiger partial charge is 0.340 e. The van der Waals surface area contributed by atoms with Crippen LogP contribution >= 0.6 is 23.4 Å². The Hall–Kier alpha value is -1.73. The molecule has 0 aliphatic carbocycles. The van der Waals surface area contributed by atoms with E-state index in [4.69, 9.17) is 22.1 Å². The van der Waals surface area contributed by atoms with Crippen molar-refractivity contribution >= 4 is 41.3 Å². The Labute approximate surface area is 137 Å². The number of hydrogen-bond donors (Lipinski definition) is 2. The van der Waals surface area contributed by atoms with E-state index in [0.717, 1.165) is 4.90 Å². The minimum atomic E-state index is -1.14. The van der Waals surface area contributed by atoms with Crippen LogP contribution in [0.2, 0.25) is 5.02 Å². The van der Waals surface area contributed by atoms with E-state index in [2.05, 4.69) is 0 Å². The summed E-state index contributed by atoms with van der Waals surface area (Å²) in [5.41, 5.74) is 5.06. The summed E-state index contributed by atoms with van der Waals surface area (Å²) in [6.45, 7) is 3.36. The number of imide groups is 1. The van der Waals surface area contributed by atoms with Gasteiger partial charge < -0.3 is 10.5 Å². The minimum Gasteiger partial charge on any atom is -0.448 e. The largest absolute Gasteiger partial charge is 0.448 e. The fourth-order valence-corrected chi connectivity index (χ4v) is 2.29. The summed E-state index contributed by atoms with van der Waals surface area (Å²) in [6, 6.07) is 3.93. The fourth-order valence-electron chi connectivity index (χ4n) is 1.65. The van der Waals surface area contributed by atoms with Crippen LogP contribution in [0.25, 0.3) is 0 Å². The Morgan fingerprint density at radius 3 is 2.45 bits per heavy atom. The highest BCUT2D eigenvalue weighted by Crippen LogP contribution is 2.24. The monoisotopic (exact) mass is 344 g/mol. The molecule has 0 spiro atoms. The van der Waals surface area contributed by atoms with Crippen molar-refractivity contribution < 1.29 is 19.1 Å². The number of carbonyl (C=O) groups excluding carboxylic acids is 3. The molecule has 3 N–H and O–H groups in total. The number of halogens is 1. The van der Waals surface area contributed by atoms with Crippen molar-refractivity contribution in [3.05, 3.63) is 28.8 Å². The molecular weight excluding hydrogens is 328 g/mol. The van der Waals surface area contributed by atoms with Crippen molar-refractivity contribution in [1.82, 2.24) is 5.32 Å². The predicted octanol–water partition coefficient (Wildman–Crippen LogP) is 2.44. The first-order valence-electron chi connectivity index (χ1n) is 6.41. The van der Waals surface area contributed by atoms with Gasteiger partial charge in [0.1, 0.15) is 0 Å². The van der Waals surface area contributed by atoms with E-state index in [1.54, 1.807) is 32.0 Å². The van der Waals surface area contributed by atoms with E-state index in [1.165, 1.54) is 11.8 Å². The van der Waals surface area contributed by atoms with Gasteiger partial charge in [0.15, 0.2) is 6.10 Å². The van der Waals surface area contributed by atoms with E-state index in [-0.39, 0.29) is 16.5 Å². The molecule has 0 saturated heterocycles. The molecule has 0 aliphatic rings. The zero-order chi connectivity index (χ0) is 16.9. The number of primary amides is 1. The average molecular weight is 345 g/mol.